The van der Waals surface area contributed by atoms with Crippen molar-refractivity contribution < 1.29 is 13.2 Å². The standard InChI is InChI=1S/C22H31F3/c23-20-14-19(15-21(24)22(20)25)18-12-10-17(11-13-18)7-3-1-2-6-16-8-4-5-9-16/h14-18H,1-13H2/t17-,18-. The molecule has 0 saturated heterocycles. The van der Waals surface area contributed by atoms with E-state index in [-0.39, 0.29) is 5.92 Å². The molecule has 2 saturated carbocycles. The Morgan fingerprint density at radius 1 is 0.680 bits per heavy atom. The van der Waals surface area contributed by atoms with Gasteiger partial charge >= 0.3 is 0 Å². The predicted molar refractivity (Wildman–Crippen MR) is 96.1 cm³/mol. The van der Waals surface area contributed by atoms with Crippen LogP contribution in [0, 0.1) is 29.3 Å². The Morgan fingerprint density at radius 2 is 1.20 bits per heavy atom. The Bertz CT molecular complexity index is 517. The van der Waals surface area contributed by atoms with Crippen LogP contribution >= 0.6 is 0 Å². The van der Waals surface area contributed by atoms with E-state index in [2.05, 4.69) is 0 Å². The van der Waals surface area contributed by atoms with Crippen LogP contribution in [0.25, 0.3) is 0 Å². The minimum atomic E-state index is -1.35. The van der Waals surface area contributed by atoms with E-state index in [1.54, 1.807) is 0 Å². The van der Waals surface area contributed by atoms with Crippen LogP contribution in [0.4, 0.5) is 13.2 Å². The van der Waals surface area contributed by atoms with Crippen LogP contribution in [0.15, 0.2) is 12.1 Å². The van der Waals surface area contributed by atoms with Crippen LogP contribution in [0.1, 0.15) is 95.0 Å². The molecule has 3 rings (SSSR count). The molecule has 0 heterocycles. The second-order valence-corrected chi connectivity index (χ2v) is 8.30. The van der Waals surface area contributed by atoms with E-state index in [4.69, 9.17) is 0 Å². The first-order valence-corrected chi connectivity index (χ1v) is 10.3. The summed E-state index contributed by atoms with van der Waals surface area (Å²) in [6.45, 7) is 0. The molecule has 1 aromatic rings. The van der Waals surface area contributed by atoms with Gasteiger partial charge in [-0.05, 0) is 61.1 Å². The third-order valence-corrected chi connectivity index (χ3v) is 6.52. The van der Waals surface area contributed by atoms with E-state index >= 15 is 0 Å². The van der Waals surface area contributed by atoms with Gasteiger partial charge in [-0.1, -0.05) is 57.8 Å². The lowest BCUT2D eigenvalue weighted by Gasteiger charge is -2.29. The van der Waals surface area contributed by atoms with Crippen molar-refractivity contribution in [3.8, 4) is 0 Å². The third kappa shape index (κ3) is 5.24. The van der Waals surface area contributed by atoms with Gasteiger partial charge in [-0.15, -0.1) is 0 Å². The maximum absolute atomic E-state index is 13.4. The Balaban J connectivity index is 1.34. The molecular weight excluding hydrogens is 321 g/mol. The summed E-state index contributed by atoms with van der Waals surface area (Å²) in [5, 5.41) is 0. The van der Waals surface area contributed by atoms with Gasteiger partial charge in [-0.25, -0.2) is 13.2 Å². The molecule has 3 heteroatoms. The zero-order valence-electron chi connectivity index (χ0n) is 15.2. The zero-order valence-corrected chi connectivity index (χ0v) is 15.2. The van der Waals surface area contributed by atoms with E-state index < -0.39 is 17.5 Å². The highest BCUT2D eigenvalue weighted by atomic mass is 19.2. The van der Waals surface area contributed by atoms with Gasteiger partial charge in [0.2, 0.25) is 0 Å². The summed E-state index contributed by atoms with van der Waals surface area (Å²) in [6, 6.07) is 2.37. The number of rotatable bonds is 7. The van der Waals surface area contributed by atoms with E-state index in [9.17, 15) is 13.2 Å². The van der Waals surface area contributed by atoms with Gasteiger partial charge in [0.15, 0.2) is 17.5 Å². The molecular formula is C22H31F3. The van der Waals surface area contributed by atoms with Gasteiger partial charge in [0.05, 0.1) is 0 Å². The van der Waals surface area contributed by atoms with Crippen LogP contribution < -0.4 is 0 Å². The smallest absolute Gasteiger partial charge is 0.194 e. The van der Waals surface area contributed by atoms with Crippen molar-refractivity contribution in [3.63, 3.8) is 0 Å². The molecule has 0 nitrogen and oxygen atoms in total. The maximum atomic E-state index is 13.4. The third-order valence-electron chi connectivity index (χ3n) is 6.52. The average Bonchev–Trinajstić information content (AvgIpc) is 3.13. The van der Waals surface area contributed by atoms with Crippen LogP contribution in [-0.2, 0) is 0 Å². The molecule has 140 valence electrons. The highest BCUT2D eigenvalue weighted by molar-refractivity contribution is 5.23. The normalized spacial score (nSPS) is 24.8. The van der Waals surface area contributed by atoms with E-state index in [1.165, 1.54) is 69.9 Å². The van der Waals surface area contributed by atoms with Crippen molar-refractivity contribution in [1.29, 1.82) is 0 Å². The fourth-order valence-electron chi connectivity index (χ4n) is 4.94. The predicted octanol–water partition coefficient (Wildman–Crippen LogP) is 7.52. The summed E-state index contributed by atoms with van der Waals surface area (Å²) in [4.78, 5) is 0. The van der Waals surface area contributed by atoms with E-state index in [1.807, 2.05) is 0 Å². The van der Waals surface area contributed by atoms with Crippen LogP contribution in [0.3, 0.4) is 0 Å². The lowest BCUT2D eigenvalue weighted by Crippen LogP contribution is -2.14. The van der Waals surface area contributed by atoms with Crippen molar-refractivity contribution in [2.45, 2.75) is 89.4 Å². The molecule has 0 bridgehead atoms. The van der Waals surface area contributed by atoms with Crippen LogP contribution in [-0.4, -0.2) is 0 Å². The fraction of sp³-hybridized carbons (Fsp3) is 0.727. The molecule has 2 aliphatic rings. The molecule has 0 N–H and O–H groups in total. The summed E-state index contributed by atoms with van der Waals surface area (Å²) >= 11 is 0. The number of benzene rings is 1. The Morgan fingerprint density at radius 3 is 1.76 bits per heavy atom. The van der Waals surface area contributed by atoms with Gasteiger partial charge < -0.3 is 0 Å². The summed E-state index contributed by atoms with van der Waals surface area (Å²) in [5.74, 6) is -1.51. The summed E-state index contributed by atoms with van der Waals surface area (Å²) in [5.41, 5.74) is 0.631. The van der Waals surface area contributed by atoms with Gasteiger partial charge in [-0.2, -0.15) is 0 Å². The largest absolute Gasteiger partial charge is 0.204 e. The first-order chi connectivity index (χ1) is 12.1. The van der Waals surface area contributed by atoms with Gasteiger partial charge in [0.1, 0.15) is 0 Å². The molecule has 0 radical (unpaired) electrons. The summed E-state index contributed by atoms with van der Waals surface area (Å²) in [6.07, 6.45) is 16.8. The lowest BCUT2D eigenvalue weighted by atomic mass is 9.77. The lowest BCUT2D eigenvalue weighted by molar-refractivity contribution is 0.299. The maximum Gasteiger partial charge on any atom is 0.194 e. The van der Waals surface area contributed by atoms with Crippen molar-refractivity contribution in [2.75, 3.05) is 0 Å². The highest BCUT2D eigenvalue weighted by Gasteiger charge is 2.24. The molecule has 0 unspecified atom stereocenters. The van der Waals surface area contributed by atoms with Gasteiger partial charge in [0.25, 0.3) is 0 Å². The monoisotopic (exact) mass is 352 g/mol. The van der Waals surface area contributed by atoms with E-state index in [0.717, 1.165) is 37.5 Å². The SMILES string of the molecule is Fc1cc([C@H]2CC[C@H](CCCCCC3CCCC3)CC2)cc(F)c1F. The van der Waals surface area contributed by atoms with Crippen molar-refractivity contribution in [2.24, 2.45) is 11.8 Å². The molecule has 25 heavy (non-hydrogen) atoms. The van der Waals surface area contributed by atoms with Crippen molar-refractivity contribution >= 4 is 0 Å². The highest BCUT2D eigenvalue weighted by Crippen LogP contribution is 2.38. The quantitative estimate of drug-likeness (QED) is 0.351. The fourth-order valence-corrected chi connectivity index (χ4v) is 4.94. The molecule has 0 amide bonds. The Kier molecular flexibility index (Phi) is 6.84. The molecule has 2 aliphatic carbocycles. The van der Waals surface area contributed by atoms with Crippen molar-refractivity contribution in [1.82, 2.24) is 0 Å². The van der Waals surface area contributed by atoms with Crippen LogP contribution in [0.5, 0.6) is 0 Å². The Labute approximate surface area is 150 Å². The first-order valence-electron chi connectivity index (χ1n) is 10.3. The molecule has 0 atom stereocenters. The van der Waals surface area contributed by atoms with Crippen molar-refractivity contribution in [3.05, 3.63) is 35.1 Å². The molecule has 2 fully saturated rings. The molecule has 0 spiro atoms. The summed E-state index contributed by atoms with van der Waals surface area (Å²) < 4.78 is 39.9. The summed E-state index contributed by atoms with van der Waals surface area (Å²) in [7, 11) is 0. The minimum Gasteiger partial charge on any atom is -0.204 e. The first kappa shape index (κ1) is 18.8. The second-order valence-electron chi connectivity index (χ2n) is 8.30. The zero-order chi connectivity index (χ0) is 17.6. The van der Waals surface area contributed by atoms with E-state index in [0.29, 0.717) is 5.56 Å². The number of unbranched alkanes of at least 4 members (excludes halogenated alkanes) is 2. The van der Waals surface area contributed by atoms with Crippen LogP contribution in [0.2, 0.25) is 0 Å². The molecule has 0 aromatic heterocycles. The molecule has 0 aliphatic heterocycles. The number of hydrogen-bond donors (Lipinski definition) is 0. The van der Waals surface area contributed by atoms with Gasteiger partial charge in [-0.3, -0.25) is 0 Å². The topological polar surface area (TPSA) is 0 Å². The minimum absolute atomic E-state index is 0.184. The Hall–Kier alpha value is -0.990. The average molecular weight is 352 g/mol. The second kappa shape index (κ2) is 9.09. The number of hydrogen-bond acceptors (Lipinski definition) is 0. The number of halogens is 3. The molecule has 1 aromatic carbocycles. The van der Waals surface area contributed by atoms with Gasteiger partial charge in [0, 0.05) is 0 Å².